The lowest BCUT2D eigenvalue weighted by atomic mass is 9.90. The summed E-state index contributed by atoms with van der Waals surface area (Å²) in [4.78, 5) is 0. The fourth-order valence-electron chi connectivity index (χ4n) is 1.78. The SMILES string of the molecule is CCNCCC(C)(O)c1c(F)ccc(C)c1F. The van der Waals surface area contributed by atoms with Gasteiger partial charge in [0.05, 0.1) is 11.2 Å². The van der Waals surface area contributed by atoms with Gasteiger partial charge in [0.1, 0.15) is 11.6 Å². The van der Waals surface area contributed by atoms with Crippen molar-refractivity contribution in [1.29, 1.82) is 0 Å². The molecule has 2 N–H and O–H groups in total. The van der Waals surface area contributed by atoms with Crippen LogP contribution in [0.3, 0.4) is 0 Å². The van der Waals surface area contributed by atoms with Gasteiger partial charge < -0.3 is 10.4 Å². The van der Waals surface area contributed by atoms with Gasteiger partial charge in [0.2, 0.25) is 0 Å². The number of aryl methyl sites for hydroxylation is 1. The maximum atomic E-state index is 13.8. The molecule has 4 heteroatoms. The van der Waals surface area contributed by atoms with Gasteiger partial charge in [-0.05, 0) is 45.0 Å². The lowest BCUT2D eigenvalue weighted by molar-refractivity contribution is 0.0404. The summed E-state index contributed by atoms with van der Waals surface area (Å²) in [6, 6.07) is 2.56. The van der Waals surface area contributed by atoms with E-state index in [9.17, 15) is 13.9 Å². The Morgan fingerprint density at radius 3 is 2.59 bits per heavy atom. The van der Waals surface area contributed by atoms with E-state index in [1.165, 1.54) is 19.1 Å². The summed E-state index contributed by atoms with van der Waals surface area (Å²) in [6.07, 6.45) is 0.262. The smallest absolute Gasteiger partial charge is 0.135 e. The van der Waals surface area contributed by atoms with Crippen LogP contribution in [0.25, 0.3) is 0 Å². The van der Waals surface area contributed by atoms with Crippen molar-refractivity contribution < 1.29 is 13.9 Å². The van der Waals surface area contributed by atoms with Crippen LogP contribution in [-0.4, -0.2) is 18.2 Å². The number of benzene rings is 1. The summed E-state index contributed by atoms with van der Waals surface area (Å²) in [5.74, 6) is -1.36. The van der Waals surface area contributed by atoms with E-state index < -0.39 is 17.2 Å². The Morgan fingerprint density at radius 2 is 2.00 bits per heavy atom. The van der Waals surface area contributed by atoms with E-state index in [-0.39, 0.29) is 12.0 Å². The summed E-state index contributed by atoms with van der Waals surface area (Å²) < 4.78 is 27.5. The molecule has 0 amide bonds. The van der Waals surface area contributed by atoms with Crippen LogP contribution in [0.2, 0.25) is 0 Å². The van der Waals surface area contributed by atoms with E-state index in [2.05, 4.69) is 5.32 Å². The molecule has 2 nitrogen and oxygen atoms in total. The van der Waals surface area contributed by atoms with Crippen LogP contribution in [-0.2, 0) is 5.60 Å². The summed E-state index contributed by atoms with van der Waals surface area (Å²) in [5.41, 5.74) is -1.40. The molecule has 0 bridgehead atoms. The number of aliphatic hydroxyl groups is 1. The van der Waals surface area contributed by atoms with E-state index in [1.807, 2.05) is 6.92 Å². The third kappa shape index (κ3) is 3.23. The van der Waals surface area contributed by atoms with Crippen molar-refractivity contribution >= 4 is 0 Å². The molecule has 0 aliphatic heterocycles. The molecule has 96 valence electrons. The molecule has 0 fully saturated rings. The highest BCUT2D eigenvalue weighted by Gasteiger charge is 2.30. The van der Waals surface area contributed by atoms with Crippen molar-refractivity contribution in [2.45, 2.75) is 32.8 Å². The second-order valence-corrected chi connectivity index (χ2v) is 4.43. The van der Waals surface area contributed by atoms with Crippen molar-refractivity contribution in [3.8, 4) is 0 Å². The highest BCUT2D eigenvalue weighted by molar-refractivity contribution is 5.30. The zero-order valence-corrected chi connectivity index (χ0v) is 10.5. The molecule has 1 atom stereocenters. The molecular formula is C13H19F2NO. The lowest BCUT2D eigenvalue weighted by Crippen LogP contribution is -2.30. The number of rotatable bonds is 5. The third-order valence-corrected chi connectivity index (χ3v) is 2.86. The minimum Gasteiger partial charge on any atom is -0.385 e. The average Bonchev–Trinajstić information content (AvgIpc) is 2.24. The summed E-state index contributed by atoms with van der Waals surface area (Å²) in [5, 5.41) is 13.2. The first-order valence-corrected chi connectivity index (χ1v) is 5.78. The maximum Gasteiger partial charge on any atom is 0.135 e. The van der Waals surface area contributed by atoms with E-state index in [0.29, 0.717) is 12.1 Å². The molecule has 0 aliphatic carbocycles. The fourth-order valence-corrected chi connectivity index (χ4v) is 1.78. The van der Waals surface area contributed by atoms with Crippen molar-refractivity contribution in [3.63, 3.8) is 0 Å². The lowest BCUT2D eigenvalue weighted by Gasteiger charge is -2.25. The molecule has 1 aromatic rings. The molecule has 0 radical (unpaired) electrons. The van der Waals surface area contributed by atoms with Crippen LogP contribution in [0, 0.1) is 18.6 Å². The van der Waals surface area contributed by atoms with Crippen LogP contribution in [0.5, 0.6) is 0 Å². The van der Waals surface area contributed by atoms with Gasteiger partial charge in [-0.2, -0.15) is 0 Å². The first-order valence-electron chi connectivity index (χ1n) is 5.78. The highest BCUT2D eigenvalue weighted by atomic mass is 19.1. The Hall–Kier alpha value is -1.00. The van der Waals surface area contributed by atoms with Gasteiger partial charge in [0.25, 0.3) is 0 Å². The quantitative estimate of drug-likeness (QED) is 0.779. The highest BCUT2D eigenvalue weighted by Crippen LogP contribution is 2.30. The van der Waals surface area contributed by atoms with Gasteiger partial charge in [0.15, 0.2) is 0 Å². The van der Waals surface area contributed by atoms with Crippen LogP contribution < -0.4 is 5.32 Å². The van der Waals surface area contributed by atoms with E-state index >= 15 is 0 Å². The van der Waals surface area contributed by atoms with Crippen LogP contribution in [0.15, 0.2) is 12.1 Å². The normalized spacial score (nSPS) is 14.7. The molecule has 1 aromatic carbocycles. The zero-order valence-electron chi connectivity index (χ0n) is 10.5. The fraction of sp³-hybridized carbons (Fsp3) is 0.538. The van der Waals surface area contributed by atoms with Crippen molar-refractivity contribution in [2.24, 2.45) is 0 Å². The molecule has 0 saturated heterocycles. The van der Waals surface area contributed by atoms with E-state index in [1.54, 1.807) is 6.92 Å². The molecule has 17 heavy (non-hydrogen) atoms. The monoisotopic (exact) mass is 243 g/mol. The van der Waals surface area contributed by atoms with Crippen molar-refractivity contribution in [1.82, 2.24) is 5.32 Å². The minimum atomic E-state index is -1.50. The molecule has 1 unspecified atom stereocenters. The van der Waals surface area contributed by atoms with Crippen LogP contribution in [0.1, 0.15) is 31.4 Å². The molecule has 0 spiro atoms. The zero-order chi connectivity index (χ0) is 13.1. The average molecular weight is 243 g/mol. The third-order valence-electron chi connectivity index (χ3n) is 2.86. The summed E-state index contributed by atoms with van der Waals surface area (Å²) in [7, 11) is 0. The second-order valence-electron chi connectivity index (χ2n) is 4.43. The number of halogens is 2. The predicted molar refractivity (Wildman–Crippen MR) is 63.8 cm³/mol. The summed E-state index contributed by atoms with van der Waals surface area (Å²) in [6.45, 7) is 6.19. The van der Waals surface area contributed by atoms with Gasteiger partial charge in [-0.1, -0.05) is 13.0 Å². The molecular weight excluding hydrogens is 224 g/mol. The molecule has 0 saturated carbocycles. The van der Waals surface area contributed by atoms with Gasteiger partial charge in [-0.25, -0.2) is 8.78 Å². The molecule has 1 rings (SSSR count). The molecule has 0 heterocycles. The Bertz CT molecular complexity index is 391. The van der Waals surface area contributed by atoms with Crippen LogP contribution >= 0.6 is 0 Å². The molecule has 0 aliphatic rings. The maximum absolute atomic E-state index is 13.8. The largest absolute Gasteiger partial charge is 0.385 e. The van der Waals surface area contributed by atoms with Crippen molar-refractivity contribution in [2.75, 3.05) is 13.1 Å². The Morgan fingerprint density at radius 1 is 1.35 bits per heavy atom. The van der Waals surface area contributed by atoms with E-state index in [4.69, 9.17) is 0 Å². The minimum absolute atomic E-state index is 0.240. The number of hydrogen-bond acceptors (Lipinski definition) is 2. The van der Waals surface area contributed by atoms with E-state index in [0.717, 1.165) is 6.54 Å². The molecule has 0 aromatic heterocycles. The van der Waals surface area contributed by atoms with Gasteiger partial charge in [-0.3, -0.25) is 0 Å². The van der Waals surface area contributed by atoms with Gasteiger partial charge in [0, 0.05) is 0 Å². The first-order chi connectivity index (χ1) is 7.90. The number of hydrogen-bond donors (Lipinski definition) is 2. The van der Waals surface area contributed by atoms with Crippen LogP contribution in [0.4, 0.5) is 8.78 Å². The Labute approximate surface area is 101 Å². The standard InChI is InChI=1S/C13H19F2NO/c1-4-16-8-7-13(3,17)11-10(14)6-5-9(2)12(11)15/h5-6,16-17H,4,7-8H2,1-3H3. The predicted octanol–water partition coefficient (Wildman–Crippen LogP) is 2.48. The second kappa shape index (κ2) is 5.56. The topological polar surface area (TPSA) is 32.3 Å². The summed E-state index contributed by atoms with van der Waals surface area (Å²) >= 11 is 0. The first kappa shape index (κ1) is 14.1. The Balaban J connectivity index is 3.01. The van der Waals surface area contributed by atoms with Gasteiger partial charge in [-0.15, -0.1) is 0 Å². The Kier molecular flexibility index (Phi) is 4.60. The van der Waals surface area contributed by atoms with Crippen molar-refractivity contribution in [3.05, 3.63) is 34.9 Å². The number of nitrogens with one attached hydrogen (secondary N) is 1. The van der Waals surface area contributed by atoms with Gasteiger partial charge >= 0.3 is 0 Å².